The lowest BCUT2D eigenvalue weighted by atomic mass is 10.0. The molecule has 2 aromatic carbocycles. The summed E-state index contributed by atoms with van der Waals surface area (Å²) in [6.45, 7) is 5.39. The Kier molecular flexibility index (Phi) is 5.94. The maximum absolute atomic E-state index is 12.6. The van der Waals surface area contributed by atoms with E-state index in [9.17, 15) is 14.7 Å². The molecule has 1 aliphatic rings. The number of aromatic nitrogens is 3. The molecule has 1 aliphatic heterocycles. The second-order valence-corrected chi connectivity index (χ2v) is 8.95. The Balaban J connectivity index is 1.33. The summed E-state index contributed by atoms with van der Waals surface area (Å²) in [4.78, 5) is 35.9. The number of imidazole rings is 1. The molecule has 35 heavy (non-hydrogen) atoms. The van der Waals surface area contributed by atoms with Gasteiger partial charge in [0.1, 0.15) is 11.3 Å². The topological polar surface area (TPSA) is 100 Å². The molecule has 0 unspecified atom stereocenters. The Morgan fingerprint density at radius 3 is 2.49 bits per heavy atom. The molecule has 0 atom stereocenters. The molecule has 8 heteroatoms. The average Bonchev–Trinajstić information content (AvgIpc) is 3.20. The molecule has 5 rings (SSSR count). The number of carboxylic acids is 1. The van der Waals surface area contributed by atoms with E-state index in [1.807, 2.05) is 38.1 Å². The highest BCUT2D eigenvalue weighted by molar-refractivity contribution is 6.05. The summed E-state index contributed by atoms with van der Waals surface area (Å²) >= 11 is 0. The summed E-state index contributed by atoms with van der Waals surface area (Å²) in [5.74, 6) is -0.349. The predicted molar refractivity (Wildman–Crippen MR) is 135 cm³/mol. The van der Waals surface area contributed by atoms with Crippen LogP contribution in [-0.4, -0.2) is 44.6 Å². The lowest BCUT2D eigenvalue weighted by molar-refractivity contribution is 0.0697. The number of nitrogens with zero attached hydrogens (tertiary/aromatic N) is 4. The molecule has 0 bridgehead atoms. The van der Waals surface area contributed by atoms with Crippen LogP contribution in [0.3, 0.4) is 0 Å². The third-order valence-electron chi connectivity index (χ3n) is 6.59. The van der Waals surface area contributed by atoms with Crippen LogP contribution in [0.2, 0.25) is 0 Å². The molecule has 2 N–H and O–H groups in total. The molecule has 178 valence electrons. The van der Waals surface area contributed by atoms with E-state index in [0.29, 0.717) is 30.0 Å². The fraction of sp³-hybridized carbons (Fsp3) is 0.259. The van der Waals surface area contributed by atoms with Crippen molar-refractivity contribution in [3.05, 3.63) is 83.3 Å². The van der Waals surface area contributed by atoms with Gasteiger partial charge >= 0.3 is 5.97 Å². The third-order valence-corrected chi connectivity index (χ3v) is 6.59. The van der Waals surface area contributed by atoms with Crippen LogP contribution in [-0.2, 0) is 0 Å². The van der Waals surface area contributed by atoms with E-state index in [0.717, 1.165) is 35.4 Å². The zero-order valence-corrected chi connectivity index (χ0v) is 19.7. The Bertz CT molecular complexity index is 1400. The van der Waals surface area contributed by atoms with Crippen LogP contribution < -0.4 is 10.2 Å². The number of amides is 1. The first-order valence-corrected chi connectivity index (χ1v) is 11.7. The summed E-state index contributed by atoms with van der Waals surface area (Å²) < 4.78 is 2.20. The summed E-state index contributed by atoms with van der Waals surface area (Å²) in [5, 5.41) is 12.7. The fourth-order valence-electron chi connectivity index (χ4n) is 4.81. The van der Waals surface area contributed by atoms with Crippen molar-refractivity contribution >= 4 is 34.4 Å². The fourth-order valence-corrected chi connectivity index (χ4v) is 4.81. The van der Waals surface area contributed by atoms with Gasteiger partial charge in [0.15, 0.2) is 5.65 Å². The summed E-state index contributed by atoms with van der Waals surface area (Å²) in [5.41, 5.74) is 4.67. The standard InChI is InChI=1S/C27H27N5O3/c1-17-5-7-19(8-6-17)26(33)30-20-9-10-24(22(16-20)27(34)35)31-14-11-21(12-15-31)32-18(2)29-23-4-3-13-28-25(23)32/h3-10,13,16,21H,11-12,14-15H2,1-2H3,(H,30,33)(H,34,35). The molecule has 0 saturated carbocycles. The van der Waals surface area contributed by atoms with Gasteiger partial charge in [-0.3, -0.25) is 4.79 Å². The predicted octanol–water partition coefficient (Wildman–Crippen LogP) is 4.84. The van der Waals surface area contributed by atoms with Gasteiger partial charge < -0.3 is 19.9 Å². The van der Waals surface area contributed by atoms with Crippen LogP contribution in [0, 0.1) is 13.8 Å². The van der Waals surface area contributed by atoms with Crippen LogP contribution in [0.4, 0.5) is 11.4 Å². The van der Waals surface area contributed by atoms with Crippen LogP contribution in [0.5, 0.6) is 0 Å². The SMILES string of the molecule is Cc1ccc(C(=O)Nc2ccc(N3CCC(n4c(C)nc5cccnc54)CC3)c(C(=O)O)c2)cc1. The van der Waals surface area contributed by atoms with Gasteiger partial charge in [0, 0.05) is 36.6 Å². The normalized spacial score (nSPS) is 14.3. The van der Waals surface area contributed by atoms with E-state index in [-0.39, 0.29) is 17.5 Å². The minimum absolute atomic E-state index is 0.177. The molecular weight excluding hydrogens is 442 g/mol. The second kappa shape index (κ2) is 9.21. The van der Waals surface area contributed by atoms with Crippen LogP contribution in [0.1, 0.15) is 51.0 Å². The number of pyridine rings is 1. The van der Waals surface area contributed by atoms with Gasteiger partial charge in [-0.25, -0.2) is 14.8 Å². The lowest BCUT2D eigenvalue weighted by Gasteiger charge is -2.35. The third kappa shape index (κ3) is 4.47. The van der Waals surface area contributed by atoms with Crippen molar-refractivity contribution < 1.29 is 14.7 Å². The highest BCUT2D eigenvalue weighted by Crippen LogP contribution is 2.32. The number of hydrogen-bond acceptors (Lipinski definition) is 5. The molecule has 0 spiro atoms. The molecule has 0 radical (unpaired) electrons. The highest BCUT2D eigenvalue weighted by Gasteiger charge is 2.26. The molecule has 0 aliphatic carbocycles. The first-order chi connectivity index (χ1) is 16.9. The van der Waals surface area contributed by atoms with Crippen molar-refractivity contribution in [1.29, 1.82) is 0 Å². The average molecular weight is 470 g/mol. The van der Waals surface area contributed by atoms with E-state index in [2.05, 4.69) is 24.8 Å². The quantitative estimate of drug-likeness (QED) is 0.434. The molecule has 3 heterocycles. The lowest BCUT2D eigenvalue weighted by Crippen LogP contribution is -2.35. The van der Waals surface area contributed by atoms with Crippen molar-refractivity contribution in [3.63, 3.8) is 0 Å². The Morgan fingerprint density at radius 1 is 1.03 bits per heavy atom. The van der Waals surface area contributed by atoms with Gasteiger partial charge in [-0.05, 0) is 69.2 Å². The molecule has 4 aromatic rings. The van der Waals surface area contributed by atoms with Gasteiger partial charge in [-0.15, -0.1) is 0 Å². The highest BCUT2D eigenvalue weighted by atomic mass is 16.4. The van der Waals surface area contributed by atoms with E-state index < -0.39 is 5.97 Å². The number of piperidine rings is 1. The van der Waals surface area contributed by atoms with Crippen LogP contribution >= 0.6 is 0 Å². The molecule has 1 fully saturated rings. The number of benzene rings is 2. The Labute approximate surface area is 203 Å². The van der Waals surface area contributed by atoms with Crippen molar-refractivity contribution in [2.75, 3.05) is 23.3 Å². The number of hydrogen-bond donors (Lipinski definition) is 2. The largest absolute Gasteiger partial charge is 0.478 e. The molecule has 1 amide bonds. The van der Waals surface area contributed by atoms with Crippen molar-refractivity contribution in [3.8, 4) is 0 Å². The van der Waals surface area contributed by atoms with Gasteiger partial charge in [0.2, 0.25) is 0 Å². The maximum atomic E-state index is 12.6. The van der Waals surface area contributed by atoms with E-state index in [4.69, 9.17) is 0 Å². The van der Waals surface area contributed by atoms with Gasteiger partial charge in [0.05, 0.1) is 11.3 Å². The molecule has 1 saturated heterocycles. The van der Waals surface area contributed by atoms with Crippen molar-refractivity contribution in [2.45, 2.75) is 32.7 Å². The minimum Gasteiger partial charge on any atom is -0.478 e. The van der Waals surface area contributed by atoms with Gasteiger partial charge in [-0.1, -0.05) is 17.7 Å². The summed E-state index contributed by atoms with van der Waals surface area (Å²) in [6, 6.07) is 16.4. The van der Waals surface area contributed by atoms with Crippen LogP contribution in [0.25, 0.3) is 11.2 Å². The number of carbonyl (C=O) groups excluding carboxylic acids is 1. The Morgan fingerprint density at radius 2 is 1.77 bits per heavy atom. The van der Waals surface area contributed by atoms with Crippen molar-refractivity contribution in [2.24, 2.45) is 0 Å². The number of aryl methyl sites for hydroxylation is 2. The number of fused-ring (bicyclic) bond motifs is 1. The zero-order valence-electron chi connectivity index (χ0n) is 19.7. The minimum atomic E-state index is -1.02. The van der Waals surface area contributed by atoms with Gasteiger partial charge in [0.25, 0.3) is 5.91 Å². The number of anilines is 2. The zero-order chi connectivity index (χ0) is 24.5. The van der Waals surface area contributed by atoms with E-state index in [1.165, 1.54) is 6.07 Å². The molecule has 8 nitrogen and oxygen atoms in total. The summed E-state index contributed by atoms with van der Waals surface area (Å²) in [6.07, 6.45) is 3.50. The molecule has 2 aromatic heterocycles. The monoisotopic (exact) mass is 469 g/mol. The number of aromatic carboxylic acids is 1. The first kappa shape index (κ1) is 22.6. The summed E-state index contributed by atoms with van der Waals surface area (Å²) in [7, 11) is 0. The number of rotatable bonds is 5. The number of carbonyl (C=O) groups is 2. The smallest absolute Gasteiger partial charge is 0.337 e. The van der Waals surface area contributed by atoms with E-state index >= 15 is 0 Å². The number of carboxylic acid groups (broad SMARTS) is 1. The van der Waals surface area contributed by atoms with Crippen molar-refractivity contribution in [1.82, 2.24) is 14.5 Å². The second-order valence-electron chi connectivity index (χ2n) is 8.95. The maximum Gasteiger partial charge on any atom is 0.337 e. The van der Waals surface area contributed by atoms with Crippen LogP contribution in [0.15, 0.2) is 60.8 Å². The van der Waals surface area contributed by atoms with E-state index in [1.54, 1.807) is 30.5 Å². The number of nitrogens with one attached hydrogen (secondary N) is 1. The van der Waals surface area contributed by atoms with Gasteiger partial charge in [-0.2, -0.15) is 0 Å². The Hall–Kier alpha value is -4.20. The first-order valence-electron chi connectivity index (χ1n) is 11.7. The molecular formula is C27H27N5O3.